The van der Waals surface area contributed by atoms with E-state index >= 15 is 0 Å². The first kappa shape index (κ1) is 14.4. The lowest BCUT2D eigenvalue weighted by molar-refractivity contribution is 0.364. The lowest BCUT2D eigenvalue weighted by Gasteiger charge is -2.32. The van der Waals surface area contributed by atoms with Crippen molar-refractivity contribution >= 4 is 11.8 Å². The average molecular weight is 268 g/mol. The number of rotatable bonds is 4. The van der Waals surface area contributed by atoms with Gasteiger partial charge in [-0.15, -0.1) is 0 Å². The van der Waals surface area contributed by atoms with Crippen LogP contribution in [0.1, 0.15) is 30.4 Å². The molecule has 0 aliphatic carbocycles. The van der Waals surface area contributed by atoms with Crippen molar-refractivity contribution in [3.63, 3.8) is 0 Å². The zero-order chi connectivity index (χ0) is 14.5. The van der Waals surface area contributed by atoms with Crippen LogP contribution in [0.5, 0.6) is 0 Å². The molecule has 20 heavy (non-hydrogen) atoms. The molecule has 0 bridgehead atoms. The third kappa shape index (κ3) is 2.96. The summed E-state index contributed by atoms with van der Waals surface area (Å²) >= 11 is 0. The topological polar surface area (TPSA) is 15.3 Å². The van der Waals surface area contributed by atoms with Crippen LogP contribution in [0.15, 0.2) is 49.7 Å². The van der Waals surface area contributed by atoms with Crippen molar-refractivity contribution in [2.75, 3.05) is 13.6 Å². The molecule has 0 spiro atoms. The molecule has 1 atom stereocenters. The maximum Gasteiger partial charge on any atom is 0.0679 e. The standard InChI is InChI=1S/C18H24N2/c1-5-16-10-6-7-11-17(16)15(3)20(4)18-12-8-9-13-19-14(18)2/h5-7,10-11,18-19H,1-3,8-9,12-13H2,4H3. The van der Waals surface area contributed by atoms with Gasteiger partial charge in [0.25, 0.3) is 0 Å². The predicted octanol–water partition coefficient (Wildman–Crippen LogP) is 3.89. The van der Waals surface area contributed by atoms with Gasteiger partial charge in [-0.3, -0.25) is 0 Å². The minimum Gasteiger partial charge on any atom is -0.387 e. The summed E-state index contributed by atoms with van der Waals surface area (Å²) in [6.07, 6.45) is 5.43. The molecule has 2 nitrogen and oxygen atoms in total. The van der Waals surface area contributed by atoms with Crippen LogP contribution in [0.2, 0.25) is 0 Å². The van der Waals surface area contributed by atoms with Crippen LogP contribution in [-0.2, 0) is 0 Å². The van der Waals surface area contributed by atoms with E-state index in [2.05, 4.69) is 49.1 Å². The van der Waals surface area contributed by atoms with E-state index in [-0.39, 0.29) is 0 Å². The van der Waals surface area contributed by atoms with E-state index in [9.17, 15) is 0 Å². The largest absolute Gasteiger partial charge is 0.387 e. The summed E-state index contributed by atoms with van der Waals surface area (Å²) in [5, 5.41) is 3.41. The van der Waals surface area contributed by atoms with Crippen LogP contribution in [0.3, 0.4) is 0 Å². The Morgan fingerprint density at radius 3 is 2.85 bits per heavy atom. The number of hydrogen-bond donors (Lipinski definition) is 1. The lowest BCUT2D eigenvalue weighted by atomic mass is 10.0. The van der Waals surface area contributed by atoms with Crippen LogP contribution in [0.4, 0.5) is 0 Å². The van der Waals surface area contributed by atoms with Gasteiger partial charge in [-0.25, -0.2) is 0 Å². The summed E-state index contributed by atoms with van der Waals surface area (Å²) < 4.78 is 0. The van der Waals surface area contributed by atoms with Gasteiger partial charge in [0, 0.05) is 30.5 Å². The van der Waals surface area contributed by atoms with Crippen LogP contribution < -0.4 is 5.32 Å². The molecule has 1 unspecified atom stereocenters. The Kier molecular flexibility index (Phi) is 4.67. The molecule has 1 aliphatic heterocycles. The third-order valence-corrected chi connectivity index (χ3v) is 4.04. The molecule has 2 heteroatoms. The SMILES string of the molecule is C=Cc1ccccc1C(=C)N(C)C1CCCCNC1=C. The maximum atomic E-state index is 4.28. The predicted molar refractivity (Wildman–Crippen MR) is 88.1 cm³/mol. The van der Waals surface area contributed by atoms with E-state index in [0.717, 1.165) is 35.5 Å². The van der Waals surface area contributed by atoms with E-state index in [1.807, 2.05) is 18.2 Å². The zero-order valence-corrected chi connectivity index (χ0v) is 12.4. The monoisotopic (exact) mass is 268 g/mol. The van der Waals surface area contributed by atoms with Crippen molar-refractivity contribution in [2.45, 2.75) is 25.3 Å². The minimum atomic E-state index is 0.308. The molecule has 1 saturated heterocycles. The quantitative estimate of drug-likeness (QED) is 0.891. The van der Waals surface area contributed by atoms with E-state index in [4.69, 9.17) is 0 Å². The molecule has 1 heterocycles. The van der Waals surface area contributed by atoms with Gasteiger partial charge >= 0.3 is 0 Å². The summed E-state index contributed by atoms with van der Waals surface area (Å²) in [6.45, 7) is 13.4. The Bertz CT molecular complexity index is 516. The van der Waals surface area contributed by atoms with E-state index in [0.29, 0.717) is 6.04 Å². The first-order valence-corrected chi connectivity index (χ1v) is 7.21. The fourth-order valence-electron chi connectivity index (χ4n) is 2.75. The molecule has 2 rings (SSSR count). The Morgan fingerprint density at radius 2 is 2.10 bits per heavy atom. The van der Waals surface area contributed by atoms with Gasteiger partial charge in [0.2, 0.25) is 0 Å². The molecule has 0 amide bonds. The first-order chi connectivity index (χ1) is 9.65. The number of likely N-dealkylation sites (N-methyl/N-ethyl adjacent to an activating group) is 1. The van der Waals surface area contributed by atoms with Gasteiger partial charge in [0.05, 0.1) is 6.04 Å². The van der Waals surface area contributed by atoms with Gasteiger partial charge < -0.3 is 10.2 Å². The van der Waals surface area contributed by atoms with Crippen LogP contribution in [-0.4, -0.2) is 24.5 Å². The van der Waals surface area contributed by atoms with E-state index < -0.39 is 0 Å². The van der Waals surface area contributed by atoms with Gasteiger partial charge in [-0.1, -0.05) is 50.1 Å². The van der Waals surface area contributed by atoms with E-state index in [1.165, 1.54) is 12.8 Å². The van der Waals surface area contributed by atoms with Crippen LogP contribution in [0, 0.1) is 0 Å². The smallest absolute Gasteiger partial charge is 0.0679 e. The molecule has 0 radical (unpaired) electrons. The highest BCUT2D eigenvalue weighted by atomic mass is 15.2. The van der Waals surface area contributed by atoms with Crippen molar-refractivity contribution in [3.8, 4) is 0 Å². The van der Waals surface area contributed by atoms with Gasteiger partial charge in [0.1, 0.15) is 0 Å². The van der Waals surface area contributed by atoms with Gasteiger partial charge in [0.15, 0.2) is 0 Å². The highest BCUT2D eigenvalue weighted by molar-refractivity contribution is 5.71. The number of benzene rings is 1. The molecular formula is C18H24N2. The highest BCUT2D eigenvalue weighted by Gasteiger charge is 2.22. The first-order valence-electron chi connectivity index (χ1n) is 7.21. The summed E-state index contributed by atoms with van der Waals surface area (Å²) in [7, 11) is 2.10. The van der Waals surface area contributed by atoms with Crippen molar-refractivity contribution in [3.05, 3.63) is 60.8 Å². The molecule has 1 aromatic carbocycles. The summed E-state index contributed by atoms with van der Waals surface area (Å²) in [5.74, 6) is 0. The fraction of sp³-hybridized carbons (Fsp3) is 0.333. The van der Waals surface area contributed by atoms with Crippen molar-refractivity contribution in [1.29, 1.82) is 0 Å². The second-order valence-electron chi connectivity index (χ2n) is 5.31. The highest BCUT2D eigenvalue weighted by Crippen LogP contribution is 2.27. The molecule has 0 saturated carbocycles. The van der Waals surface area contributed by atoms with Crippen molar-refractivity contribution in [2.24, 2.45) is 0 Å². The minimum absolute atomic E-state index is 0.308. The maximum absolute atomic E-state index is 4.28. The second kappa shape index (κ2) is 6.47. The van der Waals surface area contributed by atoms with Gasteiger partial charge in [-0.2, -0.15) is 0 Å². The zero-order valence-electron chi connectivity index (χ0n) is 12.4. The molecule has 1 aliphatic rings. The van der Waals surface area contributed by atoms with Crippen LogP contribution >= 0.6 is 0 Å². The molecule has 1 aromatic rings. The number of hydrogen-bond acceptors (Lipinski definition) is 2. The normalized spacial score (nSPS) is 18.9. The fourth-order valence-corrected chi connectivity index (χ4v) is 2.75. The Morgan fingerprint density at radius 1 is 1.35 bits per heavy atom. The Labute approximate surface area is 122 Å². The molecule has 1 N–H and O–H groups in total. The van der Waals surface area contributed by atoms with Crippen LogP contribution in [0.25, 0.3) is 11.8 Å². The van der Waals surface area contributed by atoms with Gasteiger partial charge in [-0.05, 0) is 24.8 Å². The molecule has 106 valence electrons. The molecular weight excluding hydrogens is 244 g/mol. The second-order valence-corrected chi connectivity index (χ2v) is 5.31. The number of nitrogens with one attached hydrogen (secondary N) is 1. The summed E-state index contributed by atoms with van der Waals surface area (Å²) in [5.41, 5.74) is 4.39. The lowest BCUT2D eigenvalue weighted by Crippen LogP contribution is -2.35. The molecule has 0 aromatic heterocycles. The summed E-state index contributed by atoms with van der Waals surface area (Å²) in [6, 6.07) is 8.55. The Hall–Kier alpha value is -1.96. The van der Waals surface area contributed by atoms with Crippen molar-refractivity contribution in [1.82, 2.24) is 10.2 Å². The van der Waals surface area contributed by atoms with E-state index in [1.54, 1.807) is 0 Å². The summed E-state index contributed by atoms with van der Waals surface area (Å²) in [4.78, 5) is 2.24. The molecule has 1 fully saturated rings. The third-order valence-electron chi connectivity index (χ3n) is 4.04. The number of nitrogens with zero attached hydrogens (tertiary/aromatic N) is 1. The van der Waals surface area contributed by atoms with Crippen molar-refractivity contribution < 1.29 is 0 Å². The Balaban J connectivity index is 2.23. The average Bonchev–Trinajstić information content (AvgIpc) is 2.70.